The summed E-state index contributed by atoms with van der Waals surface area (Å²) in [5.74, 6) is -0.629. The van der Waals surface area contributed by atoms with E-state index in [9.17, 15) is 22.7 Å². The highest BCUT2D eigenvalue weighted by atomic mass is 32.1. The number of aryl methyl sites for hydroxylation is 1. The Kier molecular flexibility index (Phi) is 7.55. The molecule has 2 heterocycles. The third-order valence-electron chi connectivity index (χ3n) is 4.72. The van der Waals surface area contributed by atoms with Gasteiger partial charge in [-0.3, -0.25) is 9.37 Å². The molecule has 0 aliphatic rings. The number of aliphatic hydroxyl groups is 1. The van der Waals surface area contributed by atoms with Gasteiger partial charge in [-0.2, -0.15) is 0 Å². The number of nitrogens with zero attached hydrogens (tertiary/aromatic N) is 1. The van der Waals surface area contributed by atoms with Crippen molar-refractivity contribution in [2.45, 2.75) is 44.6 Å². The summed E-state index contributed by atoms with van der Waals surface area (Å²) in [6, 6.07) is 7.71. The number of thiophene rings is 1. The highest BCUT2D eigenvalue weighted by molar-refractivity contribution is 7.17. The molecular formula is C21H23F4NOS. The third-order valence-corrected chi connectivity index (χ3v) is 5.62. The van der Waals surface area contributed by atoms with Crippen molar-refractivity contribution in [1.82, 2.24) is 4.98 Å². The molecule has 7 heteroatoms. The maximum absolute atomic E-state index is 14.2. The Balaban J connectivity index is 0.000000255. The lowest BCUT2D eigenvalue weighted by Gasteiger charge is -2.35. The zero-order valence-electron chi connectivity index (χ0n) is 15.9. The normalized spacial score (nSPS) is 16.6. The van der Waals surface area contributed by atoms with Crippen LogP contribution in [0.4, 0.5) is 17.6 Å². The molecule has 0 saturated carbocycles. The molecule has 0 aliphatic carbocycles. The minimum Gasteiger partial charge on any atom is -0.387 e. The number of rotatable bonds is 5. The predicted molar refractivity (Wildman–Crippen MR) is 106 cm³/mol. The van der Waals surface area contributed by atoms with Crippen LogP contribution >= 0.6 is 11.3 Å². The molecule has 152 valence electrons. The molecule has 2 nitrogen and oxygen atoms in total. The Morgan fingerprint density at radius 2 is 1.93 bits per heavy atom. The molecule has 0 amide bonds. The van der Waals surface area contributed by atoms with E-state index in [0.717, 1.165) is 13.0 Å². The molecule has 1 N–H and O–H groups in total. The maximum atomic E-state index is 14.2. The summed E-state index contributed by atoms with van der Waals surface area (Å²) < 4.78 is 55.1. The first-order valence-electron chi connectivity index (χ1n) is 8.76. The molecule has 4 atom stereocenters. The lowest BCUT2D eigenvalue weighted by molar-refractivity contribution is -0.0204. The van der Waals surface area contributed by atoms with Gasteiger partial charge in [0, 0.05) is 22.5 Å². The first-order valence-corrected chi connectivity index (χ1v) is 9.64. The molecular weight excluding hydrogens is 390 g/mol. The van der Waals surface area contributed by atoms with Crippen molar-refractivity contribution < 1.29 is 22.7 Å². The Bertz CT molecular complexity index is 871. The number of alkyl halides is 3. The van der Waals surface area contributed by atoms with Crippen molar-refractivity contribution in [1.29, 1.82) is 0 Å². The number of hydrogen-bond donors (Lipinski definition) is 1. The molecule has 0 bridgehead atoms. The van der Waals surface area contributed by atoms with E-state index in [-0.39, 0.29) is 5.56 Å². The number of halogens is 4. The monoisotopic (exact) mass is 413 g/mol. The van der Waals surface area contributed by atoms with Crippen LogP contribution < -0.4 is 0 Å². The first-order chi connectivity index (χ1) is 13.2. The third kappa shape index (κ3) is 4.89. The van der Waals surface area contributed by atoms with E-state index < -0.39 is 36.4 Å². The van der Waals surface area contributed by atoms with E-state index in [1.807, 2.05) is 18.5 Å². The number of pyridine rings is 1. The van der Waals surface area contributed by atoms with E-state index in [0.29, 0.717) is 5.56 Å². The summed E-state index contributed by atoms with van der Waals surface area (Å²) in [5, 5.41) is 12.8. The van der Waals surface area contributed by atoms with Crippen LogP contribution in [0, 0.1) is 12.7 Å². The fourth-order valence-electron chi connectivity index (χ4n) is 2.92. The number of hydrogen-bond acceptors (Lipinski definition) is 3. The molecule has 3 rings (SSSR count). The fraction of sp³-hybridized carbons (Fsp3) is 0.381. The van der Waals surface area contributed by atoms with Crippen LogP contribution in [-0.4, -0.2) is 35.2 Å². The molecule has 0 spiro atoms. The van der Waals surface area contributed by atoms with Gasteiger partial charge in [0.25, 0.3) is 0 Å². The van der Waals surface area contributed by atoms with Gasteiger partial charge in [0.1, 0.15) is 30.9 Å². The van der Waals surface area contributed by atoms with Gasteiger partial charge in [-0.1, -0.05) is 13.0 Å². The Hall–Kier alpha value is -1.99. The van der Waals surface area contributed by atoms with Crippen LogP contribution in [0.15, 0.2) is 48.1 Å². The fourth-order valence-corrected chi connectivity index (χ4v) is 3.68. The second-order valence-corrected chi connectivity index (χ2v) is 7.86. The zero-order chi connectivity index (χ0) is 20.9. The summed E-state index contributed by atoms with van der Waals surface area (Å²) in [6.07, 6.45) is -2.26. The van der Waals surface area contributed by atoms with Crippen LogP contribution in [0.25, 0.3) is 10.1 Å². The molecule has 0 radical (unpaired) electrons. The SMILES string of the molecule is Cc1ccc(F)cc1C(C)(CF)C(F)C(O)C(C)F.c1cc2sccc2cn1. The molecule has 2 aromatic heterocycles. The van der Waals surface area contributed by atoms with E-state index in [4.69, 9.17) is 0 Å². The highest BCUT2D eigenvalue weighted by Crippen LogP contribution is 2.35. The smallest absolute Gasteiger partial charge is 0.141 e. The van der Waals surface area contributed by atoms with Crippen molar-refractivity contribution in [2.75, 3.05) is 6.67 Å². The quantitative estimate of drug-likeness (QED) is 0.543. The molecule has 4 unspecified atom stereocenters. The lowest BCUT2D eigenvalue weighted by atomic mass is 9.75. The van der Waals surface area contributed by atoms with Crippen molar-refractivity contribution in [2.24, 2.45) is 0 Å². The number of aromatic nitrogens is 1. The Morgan fingerprint density at radius 1 is 1.21 bits per heavy atom. The van der Waals surface area contributed by atoms with Gasteiger partial charge >= 0.3 is 0 Å². The van der Waals surface area contributed by atoms with Crippen molar-refractivity contribution in [3.63, 3.8) is 0 Å². The second-order valence-electron chi connectivity index (χ2n) is 6.91. The van der Waals surface area contributed by atoms with Crippen molar-refractivity contribution in [3.8, 4) is 0 Å². The number of aliphatic hydroxyl groups excluding tert-OH is 1. The molecule has 0 saturated heterocycles. The Labute approximate surface area is 165 Å². The van der Waals surface area contributed by atoms with Gasteiger partial charge in [-0.15, -0.1) is 11.3 Å². The summed E-state index contributed by atoms with van der Waals surface area (Å²) in [5.41, 5.74) is -1.20. The predicted octanol–water partition coefficient (Wildman–Crippen LogP) is 5.71. The van der Waals surface area contributed by atoms with Gasteiger partial charge < -0.3 is 5.11 Å². The minimum absolute atomic E-state index is 0.0993. The lowest BCUT2D eigenvalue weighted by Crippen LogP contribution is -2.47. The maximum Gasteiger partial charge on any atom is 0.141 e. The molecule has 1 aromatic carbocycles. The Morgan fingerprint density at radius 3 is 2.54 bits per heavy atom. The van der Waals surface area contributed by atoms with Crippen LogP contribution in [0.2, 0.25) is 0 Å². The molecule has 3 aromatic rings. The summed E-state index contributed by atoms with van der Waals surface area (Å²) >= 11 is 1.75. The minimum atomic E-state index is -2.17. The second kappa shape index (κ2) is 9.47. The van der Waals surface area contributed by atoms with Gasteiger partial charge in [0.15, 0.2) is 0 Å². The largest absolute Gasteiger partial charge is 0.387 e. The number of benzene rings is 1. The molecule has 0 aliphatic heterocycles. The van der Waals surface area contributed by atoms with Gasteiger partial charge in [-0.25, -0.2) is 13.2 Å². The average molecular weight is 413 g/mol. The van der Waals surface area contributed by atoms with E-state index in [2.05, 4.69) is 16.4 Å². The van der Waals surface area contributed by atoms with Gasteiger partial charge in [0.05, 0.1) is 5.41 Å². The topological polar surface area (TPSA) is 33.1 Å². The highest BCUT2D eigenvalue weighted by Gasteiger charge is 2.44. The summed E-state index contributed by atoms with van der Waals surface area (Å²) in [7, 11) is 0. The van der Waals surface area contributed by atoms with Crippen LogP contribution in [0.3, 0.4) is 0 Å². The van der Waals surface area contributed by atoms with Crippen molar-refractivity contribution >= 4 is 21.4 Å². The summed E-state index contributed by atoms with van der Waals surface area (Å²) in [6.45, 7) is 2.63. The van der Waals surface area contributed by atoms with Crippen molar-refractivity contribution in [3.05, 3.63) is 65.0 Å². The van der Waals surface area contributed by atoms with Gasteiger partial charge in [0.2, 0.25) is 0 Å². The number of fused-ring (bicyclic) bond motifs is 1. The standard InChI is InChI=1S/C14H18F4O.C7H5NS/c1-8-4-5-10(17)6-11(8)14(3,7-15)13(18)12(19)9(2)16;1-3-8-5-6-2-4-9-7(1)6/h4-6,9,12-13,19H,7H2,1-3H3;1-5H. The van der Waals surface area contributed by atoms with Crippen LogP contribution in [-0.2, 0) is 5.41 Å². The summed E-state index contributed by atoms with van der Waals surface area (Å²) in [4.78, 5) is 3.99. The first kappa shape index (κ1) is 22.3. The van der Waals surface area contributed by atoms with Crippen LogP contribution in [0.1, 0.15) is 25.0 Å². The van der Waals surface area contributed by atoms with Crippen LogP contribution in [0.5, 0.6) is 0 Å². The van der Waals surface area contributed by atoms with E-state index in [1.54, 1.807) is 18.3 Å². The van der Waals surface area contributed by atoms with Gasteiger partial charge in [-0.05, 0) is 54.6 Å². The zero-order valence-corrected chi connectivity index (χ0v) is 16.7. The molecule has 0 fully saturated rings. The average Bonchev–Trinajstić information content (AvgIpc) is 3.17. The van der Waals surface area contributed by atoms with E-state index >= 15 is 0 Å². The molecule has 28 heavy (non-hydrogen) atoms. The van der Waals surface area contributed by atoms with E-state index in [1.165, 1.54) is 29.1 Å².